The third-order valence-electron chi connectivity index (χ3n) is 3.82. The van der Waals surface area contributed by atoms with E-state index in [1.807, 2.05) is 29.8 Å². The maximum Gasteiger partial charge on any atom is 0.190 e. The number of thiazole rings is 1. The minimum Gasteiger partial charge on any atom is -0.495 e. The van der Waals surface area contributed by atoms with E-state index < -0.39 is 11.1 Å². The van der Waals surface area contributed by atoms with Crippen LogP contribution in [0.2, 0.25) is 0 Å². The maximum absolute atomic E-state index is 11.6. The van der Waals surface area contributed by atoms with Gasteiger partial charge in [0.25, 0.3) is 0 Å². The van der Waals surface area contributed by atoms with E-state index in [1.165, 1.54) is 7.11 Å². The van der Waals surface area contributed by atoms with E-state index in [0.717, 1.165) is 27.0 Å². The summed E-state index contributed by atoms with van der Waals surface area (Å²) in [6.45, 7) is 0. The number of benzene rings is 2. The number of ether oxygens (including phenoxy) is 1. The van der Waals surface area contributed by atoms with E-state index in [0.29, 0.717) is 11.3 Å². The number of methoxy groups -OCH3 is 1. The average Bonchev–Trinajstić information content (AvgIpc) is 3.08. The first-order valence-electron chi connectivity index (χ1n) is 7.33. The van der Waals surface area contributed by atoms with E-state index in [9.17, 15) is 8.76 Å². The van der Waals surface area contributed by atoms with Crippen molar-refractivity contribution >= 4 is 54.9 Å². The minimum atomic E-state index is -2.15. The lowest BCUT2D eigenvalue weighted by Gasteiger charge is -2.12. The number of rotatable bonds is 4. The second kappa shape index (κ2) is 6.40. The number of anilines is 2. The molecule has 0 aliphatic rings. The summed E-state index contributed by atoms with van der Waals surface area (Å²) in [7, 11) is 1.46. The monoisotopic (exact) mass is 371 g/mol. The van der Waals surface area contributed by atoms with Crippen molar-refractivity contribution in [3.8, 4) is 5.75 Å². The first-order chi connectivity index (χ1) is 12.2. The summed E-state index contributed by atoms with van der Waals surface area (Å²) in [6.07, 6.45) is 1.68. The number of hydrogen-bond donors (Lipinski definition) is 2. The van der Waals surface area contributed by atoms with Gasteiger partial charge in [-0.25, -0.2) is 9.19 Å². The summed E-state index contributed by atoms with van der Waals surface area (Å²) in [5.41, 5.74) is 5.08. The quantitative estimate of drug-likeness (QED) is 0.524. The van der Waals surface area contributed by atoms with Gasteiger partial charge in [-0.15, -0.1) is 11.3 Å². The Hall–Kier alpha value is -2.55. The van der Waals surface area contributed by atoms with Gasteiger partial charge < -0.3 is 14.6 Å². The number of fused-ring (bicyclic) bond motifs is 2. The zero-order valence-corrected chi connectivity index (χ0v) is 14.7. The number of nitrogens with zero attached hydrogens (tertiary/aromatic N) is 2. The van der Waals surface area contributed by atoms with E-state index in [-0.39, 0.29) is 4.90 Å². The molecule has 2 heterocycles. The smallest absolute Gasteiger partial charge is 0.190 e. The third-order valence-corrected chi connectivity index (χ3v) is 5.33. The van der Waals surface area contributed by atoms with Crippen LogP contribution in [0.15, 0.2) is 53.0 Å². The minimum absolute atomic E-state index is 0.209. The fraction of sp³-hybridized carbons (Fsp3) is 0.0588. The Morgan fingerprint density at radius 2 is 2.04 bits per heavy atom. The molecule has 0 bridgehead atoms. The molecule has 6 nitrogen and oxygen atoms in total. The van der Waals surface area contributed by atoms with Crippen LogP contribution in [0.3, 0.4) is 0 Å². The first-order valence-corrected chi connectivity index (χ1v) is 9.32. The van der Waals surface area contributed by atoms with Gasteiger partial charge in [0, 0.05) is 29.0 Å². The Balaban J connectivity index is 1.83. The molecule has 0 aliphatic heterocycles. The van der Waals surface area contributed by atoms with Crippen LogP contribution in [0.4, 0.5) is 11.4 Å². The van der Waals surface area contributed by atoms with Crippen molar-refractivity contribution in [3.05, 3.63) is 48.1 Å². The number of nitrogens with one attached hydrogen (secondary N) is 1. The van der Waals surface area contributed by atoms with Crippen molar-refractivity contribution in [1.82, 2.24) is 9.97 Å². The Morgan fingerprint density at radius 1 is 1.16 bits per heavy atom. The molecule has 0 saturated carbocycles. The first kappa shape index (κ1) is 15.9. The molecule has 2 aromatic heterocycles. The molecule has 0 fully saturated rings. The van der Waals surface area contributed by atoms with Crippen LogP contribution in [0.25, 0.3) is 21.1 Å². The predicted molar refractivity (Wildman–Crippen MR) is 100 cm³/mol. The zero-order chi connectivity index (χ0) is 17.4. The highest BCUT2D eigenvalue weighted by Gasteiger charge is 2.13. The molecule has 1 unspecified atom stereocenters. The summed E-state index contributed by atoms with van der Waals surface area (Å²) in [5, 5.41) is 4.07. The predicted octanol–water partition coefficient (Wildman–Crippen LogP) is 4.18. The highest BCUT2D eigenvalue weighted by Crippen LogP contribution is 2.33. The fourth-order valence-electron chi connectivity index (χ4n) is 2.65. The highest BCUT2D eigenvalue weighted by molar-refractivity contribution is 7.79. The van der Waals surface area contributed by atoms with E-state index in [2.05, 4.69) is 15.3 Å². The molecule has 4 aromatic rings. The molecular weight excluding hydrogens is 358 g/mol. The number of pyridine rings is 1. The number of hydrogen-bond acceptors (Lipinski definition) is 6. The van der Waals surface area contributed by atoms with Gasteiger partial charge >= 0.3 is 0 Å². The average molecular weight is 371 g/mol. The maximum atomic E-state index is 11.6. The van der Waals surface area contributed by atoms with Gasteiger partial charge in [-0.05, 0) is 30.3 Å². The molecule has 2 aromatic carbocycles. The molecule has 126 valence electrons. The van der Waals surface area contributed by atoms with Crippen molar-refractivity contribution in [1.29, 1.82) is 0 Å². The number of aromatic nitrogens is 2. The lowest BCUT2D eigenvalue weighted by atomic mass is 10.1. The van der Waals surface area contributed by atoms with Crippen LogP contribution in [0.1, 0.15) is 0 Å². The molecule has 25 heavy (non-hydrogen) atoms. The molecule has 0 aliphatic carbocycles. The summed E-state index contributed by atoms with van der Waals surface area (Å²) >= 11 is -0.564. The Labute approximate surface area is 149 Å². The summed E-state index contributed by atoms with van der Waals surface area (Å²) in [5.74, 6) is 0.335. The van der Waals surface area contributed by atoms with Gasteiger partial charge in [0.2, 0.25) is 0 Å². The van der Waals surface area contributed by atoms with E-state index in [4.69, 9.17) is 4.74 Å². The molecule has 0 radical (unpaired) electrons. The van der Waals surface area contributed by atoms with Gasteiger partial charge in [0.1, 0.15) is 10.6 Å². The lowest BCUT2D eigenvalue weighted by Crippen LogP contribution is -1.98. The standard InChI is InChI=1S/C17H13N3O3S2/c1-23-15-8-13-11(7-17(15)25(21)22)12(4-5-18-13)20-10-2-3-16-14(6-10)19-9-24-16/h2-9H,1H3,(H,18,20)(H,21,22). The van der Waals surface area contributed by atoms with Crippen molar-refractivity contribution < 1.29 is 13.5 Å². The lowest BCUT2D eigenvalue weighted by molar-refractivity contribution is 0.402. The van der Waals surface area contributed by atoms with Crippen LogP contribution in [0, 0.1) is 0 Å². The van der Waals surface area contributed by atoms with Crippen molar-refractivity contribution in [2.75, 3.05) is 12.4 Å². The Kier molecular flexibility index (Phi) is 4.08. The third kappa shape index (κ3) is 2.95. The summed E-state index contributed by atoms with van der Waals surface area (Å²) in [4.78, 5) is 8.85. The van der Waals surface area contributed by atoms with Gasteiger partial charge in [-0.1, -0.05) is 0 Å². The van der Waals surface area contributed by atoms with Crippen LogP contribution < -0.4 is 10.1 Å². The molecule has 0 amide bonds. The van der Waals surface area contributed by atoms with Gasteiger partial charge in [0.05, 0.1) is 28.4 Å². The SMILES string of the molecule is COc1cc2nccc(Nc3ccc4scnc4c3)c2cc1S(=O)O. The molecule has 0 saturated heterocycles. The second-order valence-electron chi connectivity index (χ2n) is 5.29. The normalized spacial score (nSPS) is 12.4. The fourth-order valence-corrected chi connectivity index (χ4v) is 3.84. The van der Waals surface area contributed by atoms with Crippen LogP contribution >= 0.6 is 11.3 Å². The molecular formula is C17H13N3O3S2. The largest absolute Gasteiger partial charge is 0.495 e. The molecule has 2 N–H and O–H groups in total. The van der Waals surface area contributed by atoms with Gasteiger partial charge in [-0.2, -0.15) is 0 Å². The second-order valence-corrected chi connectivity index (χ2v) is 7.11. The van der Waals surface area contributed by atoms with Crippen molar-refractivity contribution in [2.45, 2.75) is 4.90 Å². The topological polar surface area (TPSA) is 84.3 Å². The van der Waals surface area contributed by atoms with Crippen LogP contribution in [-0.4, -0.2) is 25.8 Å². The highest BCUT2D eigenvalue weighted by atomic mass is 32.2. The van der Waals surface area contributed by atoms with Crippen LogP contribution in [-0.2, 0) is 11.1 Å². The molecule has 1 atom stereocenters. The van der Waals surface area contributed by atoms with Crippen molar-refractivity contribution in [3.63, 3.8) is 0 Å². The summed E-state index contributed by atoms with van der Waals surface area (Å²) < 4.78 is 27.4. The van der Waals surface area contributed by atoms with Gasteiger partial charge in [0.15, 0.2) is 11.1 Å². The summed E-state index contributed by atoms with van der Waals surface area (Å²) in [6, 6.07) is 11.1. The molecule has 0 spiro atoms. The van der Waals surface area contributed by atoms with Crippen molar-refractivity contribution in [2.24, 2.45) is 0 Å². The Bertz CT molecular complexity index is 1110. The van der Waals surface area contributed by atoms with Gasteiger partial charge in [-0.3, -0.25) is 4.98 Å². The Morgan fingerprint density at radius 3 is 2.84 bits per heavy atom. The molecule has 4 rings (SSSR count). The van der Waals surface area contributed by atoms with E-state index in [1.54, 1.807) is 29.7 Å². The van der Waals surface area contributed by atoms with Crippen LogP contribution in [0.5, 0.6) is 5.75 Å². The van der Waals surface area contributed by atoms with E-state index >= 15 is 0 Å². The molecule has 8 heteroatoms. The zero-order valence-electron chi connectivity index (χ0n) is 13.1.